The van der Waals surface area contributed by atoms with E-state index in [9.17, 15) is 4.79 Å². The van der Waals surface area contributed by atoms with Gasteiger partial charge in [0.1, 0.15) is 0 Å². The lowest BCUT2D eigenvalue weighted by Crippen LogP contribution is -2.44. The van der Waals surface area contributed by atoms with Crippen molar-refractivity contribution in [1.82, 2.24) is 10.2 Å². The summed E-state index contributed by atoms with van der Waals surface area (Å²) in [6, 6.07) is 0.477. The van der Waals surface area contributed by atoms with Crippen LogP contribution < -0.4 is 5.32 Å². The normalized spacial score (nSPS) is 28.5. The number of hydrogen-bond acceptors (Lipinski definition) is 2. The van der Waals surface area contributed by atoms with Crippen molar-refractivity contribution in [3.05, 3.63) is 0 Å². The van der Waals surface area contributed by atoms with Crippen molar-refractivity contribution in [2.45, 2.75) is 58.2 Å². The molecule has 0 aromatic heterocycles. The molecule has 2 fully saturated rings. The van der Waals surface area contributed by atoms with Gasteiger partial charge in [-0.15, -0.1) is 0 Å². The Balaban J connectivity index is 1.99. The Morgan fingerprint density at radius 2 is 2.20 bits per heavy atom. The van der Waals surface area contributed by atoms with E-state index >= 15 is 0 Å². The van der Waals surface area contributed by atoms with Crippen molar-refractivity contribution < 1.29 is 4.79 Å². The van der Waals surface area contributed by atoms with Crippen molar-refractivity contribution in [3.8, 4) is 0 Å². The summed E-state index contributed by atoms with van der Waals surface area (Å²) < 4.78 is 0. The molecule has 1 aliphatic carbocycles. The molecular weight excluding hydrogens is 188 g/mol. The van der Waals surface area contributed by atoms with Gasteiger partial charge in [-0.3, -0.25) is 10.1 Å². The molecule has 1 N–H and O–H groups in total. The largest absolute Gasteiger partial charge is 0.323 e. The third-order valence-corrected chi connectivity index (χ3v) is 3.67. The topological polar surface area (TPSA) is 32.3 Å². The molecule has 1 saturated heterocycles. The second-order valence-electron chi connectivity index (χ2n) is 4.85. The lowest BCUT2D eigenvalue weighted by Gasteiger charge is -2.32. The van der Waals surface area contributed by atoms with Gasteiger partial charge in [0.15, 0.2) is 0 Å². The molecule has 0 bridgehead atoms. The molecule has 1 heterocycles. The summed E-state index contributed by atoms with van der Waals surface area (Å²) in [5.74, 6) is 1.20. The van der Waals surface area contributed by atoms with Crippen LogP contribution in [0.1, 0.15) is 46.0 Å². The summed E-state index contributed by atoms with van der Waals surface area (Å²) in [6.45, 7) is 4.89. The van der Waals surface area contributed by atoms with Crippen LogP contribution >= 0.6 is 0 Å². The summed E-state index contributed by atoms with van der Waals surface area (Å²) in [6.07, 6.45) is 6.39. The number of rotatable bonds is 5. The third kappa shape index (κ3) is 2.33. The zero-order chi connectivity index (χ0) is 10.8. The molecule has 0 spiro atoms. The minimum atomic E-state index is 0.293. The van der Waals surface area contributed by atoms with Crippen LogP contribution in [-0.2, 0) is 4.79 Å². The highest BCUT2D eigenvalue weighted by Crippen LogP contribution is 2.36. The maximum Gasteiger partial charge on any atom is 0.238 e. The Morgan fingerprint density at radius 1 is 1.47 bits per heavy atom. The fourth-order valence-electron chi connectivity index (χ4n) is 2.58. The molecule has 1 aliphatic heterocycles. The molecule has 0 aromatic carbocycles. The van der Waals surface area contributed by atoms with Crippen LogP contribution in [0.15, 0.2) is 0 Å². The van der Waals surface area contributed by atoms with Crippen molar-refractivity contribution >= 4 is 5.91 Å². The van der Waals surface area contributed by atoms with Gasteiger partial charge in [-0.1, -0.05) is 26.7 Å². The van der Waals surface area contributed by atoms with Crippen LogP contribution in [0.25, 0.3) is 0 Å². The predicted octanol–water partition coefficient (Wildman–Crippen LogP) is 1.73. The SMILES string of the molecule is CCC(CC1CC1)N1C(=O)CNC1CC. The first-order valence-electron chi connectivity index (χ1n) is 6.30. The Bertz CT molecular complexity index is 238. The molecule has 0 radical (unpaired) electrons. The van der Waals surface area contributed by atoms with E-state index in [1.807, 2.05) is 0 Å². The molecule has 1 saturated carbocycles. The highest BCUT2D eigenvalue weighted by Gasteiger charge is 2.36. The first-order chi connectivity index (χ1) is 7.26. The molecule has 0 aromatic rings. The van der Waals surface area contributed by atoms with Gasteiger partial charge in [0.25, 0.3) is 0 Å². The standard InChI is InChI=1S/C12H22N2O/c1-3-10(7-9-5-6-9)14-11(4-2)13-8-12(14)15/h9-11,13H,3-8H2,1-2H3. The second kappa shape index (κ2) is 4.52. The number of hydrogen-bond donors (Lipinski definition) is 1. The Kier molecular flexibility index (Phi) is 3.29. The molecule has 86 valence electrons. The summed E-state index contributed by atoms with van der Waals surface area (Å²) in [4.78, 5) is 13.9. The number of amides is 1. The lowest BCUT2D eigenvalue weighted by molar-refractivity contribution is -0.130. The van der Waals surface area contributed by atoms with E-state index in [1.165, 1.54) is 19.3 Å². The average molecular weight is 210 g/mol. The Hall–Kier alpha value is -0.570. The summed E-state index contributed by atoms with van der Waals surface area (Å²) >= 11 is 0. The van der Waals surface area contributed by atoms with Gasteiger partial charge in [0.05, 0.1) is 12.7 Å². The van der Waals surface area contributed by atoms with Gasteiger partial charge in [-0.2, -0.15) is 0 Å². The zero-order valence-electron chi connectivity index (χ0n) is 9.83. The second-order valence-corrected chi connectivity index (χ2v) is 4.85. The van der Waals surface area contributed by atoms with Gasteiger partial charge in [-0.25, -0.2) is 0 Å². The summed E-state index contributed by atoms with van der Waals surface area (Å²) in [5, 5.41) is 3.29. The highest BCUT2D eigenvalue weighted by molar-refractivity contribution is 5.81. The van der Waals surface area contributed by atoms with E-state index in [0.29, 0.717) is 24.7 Å². The quantitative estimate of drug-likeness (QED) is 0.749. The van der Waals surface area contributed by atoms with E-state index in [1.54, 1.807) is 0 Å². The van der Waals surface area contributed by atoms with E-state index < -0.39 is 0 Å². The minimum absolute atomic E-state index is 0.293. The van der Waals surface area contributed by atoms with E-state index in [0.717, 1.165) is 18.8 Å². The van der Waals surface area contributed by atoms with Crippen LogP contribution in [0.3, 0.4) is 0 Å². The lowest BCUT2D eigenvalue weighted by atomic mass is 10.1. The van der Waals surface area contributed by atoms with Gasteiger partial charge in [0.2, 0.25) is 5.91 Å². The number of carbonyl (C=O) groups is 1. The third-order valence-electron chi connectivity index (χ3n) is 3.67. The zero-order valence-corrected chi connectivity index (χ0v) is 9.83. The van der Waals surface area contributed by atoms with Crippen LogP contribution in [0, 0.1) is 5.92 Å². The summed E-state index contributed by atoms with van der Waals surface area (Å²) in [7, 11) is 0. The first-order valence-corrected chi connectivity index (χ1v) is 6.30. The van der Waals surface area contributed by atoms with Gasteiger partial charge in [-0.05, 0) is 25.2 Å². The molecular formula is C12H22N2O. The van der Waals surface area contributed by atoms with Crippen LogP contribution in [0.4, 0.5) is 0 Å². The van der Waals surface area contributed by atoms with Crippen molar-refractivity contribution in [2.24, 2.45) is 5.92 Å². The van der Waals surface area contributed by atoms with Gasteiger partial charge < -0.3 is 4.90 Å². The van der Waals surface area contributed by atoms with Crippen LogP contribution in [-0.4, -0.2) is 29.6 Å². The molecule has 3 nitrogen and oxygen atoms in total. The van der Waals surface area contributed by atoms with Crippen LogP contribution in [0.2, 0.25) is 0 Å². The van der Waals surface area contributed by atoms with Crippen LogP contribution in [0.5, 0.6) is 0 Å². The van der Waals surface area contributed by atoms with Gasteiger partial charge in [0, 0.05) is 6.04 Å². The smallest absolute Gasteiger partial charge is 0.238 e. The molecule has 2 atom stereocenters. The molecule has 2 unspecified atom stereocenters. The molecule has 1 amide bonds. The van der Waals surface area contributed by atoms with Crippen molar-refractivity contribution in [3.63, 3.8) is 0 Å². The fraction of sp³-hybridized carbons (Fsp3) is 0.917. The molecule has 2 rings (SSSR count). The van der Waals surface area contributed by atoms with E-state index in [-0.39, 0.29) is 0 Å². The monoisotopic (exact) mass is 210 g/mol. The summed E-state index contributed by atoms with van der Waals surface area (Å²) in [5.41, 5.74) is 0. The number of nitrogens with zero attached hydrogens (tertiary/aromatic N) is 1. The first kappa shape index (κ1) is 10.9. The maximum atomic E-state index is 11.8. The molecule has 2 aliphatic rings. The Labute approximate surface area is 92.2 Å². The predicted molar refractivity (Wildman–Crippen MR) is 60.3 cm³/mol. The average Bonchev–Trinajstić information content (AvgIpc) is 2.98. The maximum absolute atomic E-state index is 11.8. The van der Waals surface area contributed by atoms with Gasteiger partial charge >= 0.3 is 0 Å². The fourth-order valence-corrected chi connectivity index (χ4v) is 2.58. The van der Waals surface area contributed by atoms with Crippen molar-refractivity contribution in [2.75, 3.05) is 6.54 Å². The number of carbonyl (C=O) groups excluding carboxylic acids is 1. The minimum Gasteiger partial charge on any atom is -0.323 e. The highest BCUT2D eigenvalue weighted by atomic mass is 16.2. The van der Waals surface area contributed by atoms with E-state index in [4.69, 9.17) is 0 Å². The molecule has 3 heteroatoms. The van der Waals surface area contributed by atoms with E-state index in [2.05, 4.69) is 24.1 Å². The number of nitrogens with one attached hydrogen (secondary N) is 1. The Morgan fingerprint density at radius 3 is 2.73 bits per heavy atom. The van der Waals surface area contributed by atoms with Crippen molar-refractivity contribution in [1.29, 1.82) is 0 Å². The molecule has 15 heavy (non-hydrogen) atoms.